The van der Waals surface area contributed by atoms with Crippen molar-refractivity contribution in [2.75, 3.05) is 7.11 Å². The van der Waals surface area contributed by atoms with Gasteiger partial charge in [0.25, 0.3) is 0 Å². The first-order chi connectivity index (χ1) is 8.31. The molecule has 0 bridgehead atoms. The molecular formula is C11H13BN2O3. The molecule has 0 aliphatic rings. The monoisotopic (exact) mass is 232 g/mol. The zero-order valence-corrected chi connectivity index (χ0v) is 9.54. The van der Waals surface area contributed by atoms with E-state index in [1.165, 1.54) is 0 Å². The summed E-state index contributed by atoms with van der Waals surface area (Å²) in [6.45, 7) is 0.652. The van der Waals surface area contributed by atoms with Crippen molar-refractivity contribution in [1.29, 1.82) is 0 Å². The van der Waals surface area contributed by atoms with E-state index in [0.29, 0.717) is 12.4 Å². The van der Waals surface area contributed by atoms with Crippen LogP contribution in [0.25, 0.3) is 0 Å². The molecule has 0 fully saturated rings. The number of rotatable bonds is 5. The third kappa shape index (κ3) is 3.01. The summed E-state index contributed by atoms with van der Waals surface area (Å²) in [5.41, 5.74) is 1.12. The van der Waals surface area contributed by atoms with Crippen molar-refractivity contribution in [3.8, 4) is 11.6 Å². The molecule has 17 heavy (non-hydrogen) atoms. The number of aromatic nitrogens is 2. The first kappa shape index (κ1) is 11.5. The second-order valence-electron chi connectivity index (χ2n) is 3.47. The summed E-state index contributed by atoms with van der Waals surface area (Å²) >= 11 is 0. The lowest BCUT2D eigenvalue weighted by atomic mass is 10.2. The van der Waals surface area contributed by atoms with Gasteiger partial charge < -0.3 is 14.4 Å². The van der Waals surface area contributed by atoms with Crippen LogP contribution in [0.2, 0.25) is 0 Å². The van der Waals surface area contributed by atoms with Crippen molar-refractivity contribution in [1.82, 2.24) is 9.78 Å². The van der Waals surface area contributed by atoms with E-state index in [0.717, 1.165) is 11.3 Å². The van der Waals surface area contributed by atoms with E-state index in [4.69, 9.17) is 14.4 Å². The van der Waals surface area contributed by atoms with E-state index in [2.05, 4.69) is 5.10 Å². The highest BCUT2D eigenvalue weighted by molar-refractivity contribution is 6.17. The van der Waals surface area contributed by atoms with Crippen LogP contribution >= 0.6 is 0 Å². The van der Waals surface area contributed by atoms with Gasteiger partial charge in [0.1, 0.15) is 5.75 Å². The molecule has 1 aromatic heterocycles. The zero-order valence-electron chi connectivity index (χ0n) is 9.54. The molecule has 0 saturated heterocycles. The normalized spacial score (nSPS) is 10.0. The van der Waals surface area contributed by atoms with E-state index in [1.54, 1.807) is 24.1 Å². The van der Waals surface area contributed by atoms with Gasteiger partial charge in [0.05, 0.1) is 13.7 Å². The van der Waals surface area contributed by atoms with Crippen LogP contribution in [-0.2, 0) is 6.54 Å². The Morgan fingerprint density at radius 2 is 2.06 bits per heavy atom. The maximum atomic E-state index is 8.59. The smallest absolute Gasteiger partial charge is 0.505 e. The quantitative estimate of drug-likeness (QED) is 0.766. The van der Waals surface area contributed by atoms with Gasteiger partial charge in [-0.1, -0.05) is 12.1 Å². The Hall–Kier alpha value is -1.95. The SMILES string of the molecule is COc1ccc(Cn2ccc(OBO)n2)cc1. The second kappa shape index (κ2) is 5.40. The Bertz CT molecular complexity index is 470. The van der Waals surface area contributed by atoms with Crippen LogP contribution in [0.5, 0.6) is 11.6 Å². The Kier molecular flexibility index (Phi) is 3.67. The average molecular weight is 232 g/mol. The van der Waals surface area contributed by atoms with Crippen molar-refractivity contribution in [2.24, 2.45) is 0 Å². The topological polar surface area (TPSA) is 56.5 Å². The highest BCUT2D eigenvalue weighted by Crippen LogP contribution is 2.13. The molecule has 0 aliphatic heterocycles. The van der Waals surface area contributed by atoms with Gasteiger partial charge in [-0.2, -0.15) is 0 Å². The van der Waals surface area contributed by atoms with Crippen LogP contribution in [0.4, 0.5) is 0 Å². The molecule has 1 N–H and O–H groups in total. The van der Waals surface area contributed by atoms with E-state index < -0.39 is 0 Å². The summed E-state index contributed by atoms with van der Waals surface area (Å²) in [7, 11) is 1.28. The third-order valence-corrected chi connectivity index (χ3v) is 2.33. The summed E-state index contributed by atoms with van der Waals surface area (Å²) in [4.78, 5) is 0. The third-order valence-electron chi connectivity index (χ3n) is 2.33. The first-order valence-electron chi connectivity index (χ1n) is 5.22. The summed E-state index contributed by atoms with van der Waals surface area (Å²) in [6.07, 6.45) is 1.80. The van der Waals surface area contributed by atoms with Gasteiger partial charge in [0.15, 0.2) is 0 Å². The van der Waals surface area contributed by atoms with Crippen molar-refractivity contribution < 1.29 is 14.4 Å². The van der Waals surface area contributed by atoms with Gasteiger partial charge in [0, 0.05) is 12.3 Å². The lowest BCUT2D eigenvalue weighted by Gasteiger charge is -2.03. The second-order valence-corrected chi connectivity index (χ2v) is 3.47. The fraction of sp³-hybridized carbons (Fsp3) is 0.182. The minimum Gasteiger partial charge on any atom is -0.524 e. The molecule has 2 aromatic rings. The van der Waals surface area contributed by atoms with Crippen LogP contribution < -0.4 is 9.39 Å². The van der Waals surface area contributed by atoms with Crippen molar-refractivity contribution in [3.63, 3.8) is 0 Å². The standard InChI is InChI=1S/C11H13BN2O3/c1-16-10-4-2-9(3-5-10)8-14-7-6-11(13-14)17-12-15/h2-7,12,15H,8H2,1H3. The van der Waals surface area contributed by atoms with Crippen LogP contribution in [0.3, 0.4) is 0 Å². The highest BCUT2D eigenvalue weighted by Gasteiger charge is 2.01. The Morgan fingerprint density at radius 3 is 2.71 bits per heavy atom. The molecule has 5 nitrogen and oxygen atoms in total. The Balaban J connectivity index is 2.03. The largest absolute Gasteiger partial charge is 0.524 e. The summed E-state index contributed by atoms with van der Waals surface area (Å²) in [5, 5.41) is 12.7. The van der Waals surface area contributed by atoms with Gasteiger partial charge in [-0.15, -0.1) is 5.10 Å². The number of methoxy groups -OCH3 is 1. The van der Waals surface area contributed by atoms with Crippen molar-refractivity contribution >= 4 is 7.69 Å². The van der Waals surface area contributed by atoms with Crippen molar-refractivity contribution in [3.05, 3.63) is 42.1 Å². The van der Waals surface area contributed by atoms with E-state index >= 15 is 0 Å². The number of ether oxygens (including phenoxy) is 1. The van der Waals surface area contributed by atoms with Gasteiger partial charge in [-0.3, -0.25) is 4.68 Å². The van der Waals surface area contributed by atoms with Crippen LogP contribution in [0, 0.1) is 0 Å². The predicted octanol–water partition coefficient (Wildman–Crippen LogP) is 0.578. The summed E-state index contributed by atoms with van der Waals surface area (Å²) < 4.78 is 11.7. The number of nitrogens with zero attached hydrogens (tertiary/aromatic N) is 2. The van der Waals surface area contributed by atoms with E-state index in [9.17, 15) is 0 Å². The van der Waals surface area contributed by atoms with Crippen LogP contribution in [0.15, 0.2) is 36.5 Å². The Morgan fingerprint density at radius 1 is 1.29 bits per heavy atom. The fourth-order valence-corrected chi connectivity index (χ4v) is 1.49. The highest BCUT2D eigenvalue weighted by atomic mass is 16.5. The molecule has 0 amide bonds. The maximum Gasteiger partial charge on any atom is 0.505 e. The van der Waals surface area contributed by atoms with Gasteiger partial charge in [0.2, 0.25) is 5.88 Å². The number of hydrogen-bond donors (Lipinski definition) is 1. The van der Waals surface area contributed by atoms with Crippen molar-refractivity contribution in [2.45, 2.75) is 6.54 Å². The molecule has 2 rings (SSSR count). The van der Waals surface area contributed by atoms with Gasteiger partial charge in [-0.05, 0) is 17.7 Å². The zero-order chi connectivity index (χ0) is 12.1. The predicted molar refractivity (Wildman–Crippen MR) is 64.3 cm³/mol. The molecule has 0 radical (unpaired) electrons. The molecule has 0 atom stereocenters. The molecule has 0 unspecified atom stereocenters. The average Bonchev–Trinajstić information content (AvgIpc) is 2.78. The summed E-state index contributed by atoms with van der Waals surface area (Å²) in [6, 6.07) is 9.48. The Labute approximate surface area is 99.9 Å². The van der Waals surface area contributed by atoms with E-state index in [1.807, 2.05) is 24.3 Å². The van der Waals surface area contributed by atoms with Gasteiger partial charge >= 0.3 is 7.69 Å². The first-order valence-corrected chi connectivity index (χ1v) is 5.22. The molecule has 6 heteroatoms. The maximum absolute atomic E-state index is 8.59. The molecule has 0 aliphatic carbocycles. The van der Waals surface area contributed by atoms with Gasteiger partial charge in [-0.25, -0.2) is 0 Å². The summed E-state index contributed by atoms with van der Waals surface area (Å²) in [5.74, 6) is 1.25. The molecule has 0 spiro atoms. The molecule has 0 saturated carbocycles. The molecule has 1 heterocycles. The van der Waals surface area contributed by atoms with Crippen LogP contribution in [0.1, 0.15) is 5.56 Å². The lowest BCUT2D eigenvalue weighted by Crippen LogP contribution is -2.03. The molecule has 1 aromatic carbocycles. The molecule has 88 valence electrons. The molecular weight excluding hydrogens is 219 g/mol. The minimum atomic E-state index is -0.362. The number of benzene rings is 1. The number of hydrogen-bond acceptors (Lipinski definition) is 4. The van der Waals surface area contributed by atoms with Crippen LogP contribution in [-0.4, -0.2) is 29.6 Å². The van der Waals surface area contributed by atoms with E-state index in [-0.39, 0.29) is 7.69 Å². The lowest BCUT2D eigenvalue weighted by molar-refractivity contribution is 0.414. The minimum absolute atomic E-state index is 0.362. The fourth-order valence-electron chi connectivity index (χ4n) is 1.49.